The summed E-state index contributed by atoms with van der Waals surface area (Å²) in [4.78, 5) is 17.1. The summed E-state index contributed by atoms with van der Waals surface area (Å²) >= 11 is 4.88. The van der Waals surface area contributed by atoms with E-state index in [2.05, 4.69) is 20.9 Å². The van der Waals surface area contributed by atoms with E-state index in [-0.39, 0.29) is 0 Å². The minimum atomic E-state index is -0.904. The molecule has 0 amide bonds. The first-order valence-electron chi connectivity index (χ1n) is 5.20. The normalized spacial score (nSPS) is 10.3. The highest BCUT2D eigenvalue weighted by Crippen LogP contribution is 2.23. The summed E-state index contributed by atoms with van der Waals surface area (Å²) in [5, 5.41) is 11.7. The molecule has 2 aromatic rings. The van der Waals surface area contributed by atoms with Gasteiger partial charge in [0.05, 0.1) is 5.56 Å². The Balaban J connectivity index is 2.07. The Labute approximate surface area is 117 Å². The molecule has 94 valence electrons. The highest BCUT2D eigenvalue weighted by atomic mass is 79.9. The third-order valence-electron chi connectivity index (χ3n) is 2.41. The third kappa shape index (κ3) is 3.08. The minimum absolute atomic E-state index is 0.304. The fourth-order valence-electron chi connectivity index (χ4n) is 1.51. The summed E-state index contributed by atoms with van der Waals surface area (Å²) in [6, 6.07) is 6.87. The van der Waals surface area contributed by atoms with E-state index >= 15 is 0 Å². The average Bonchev–Trinajstić information content (AvgIpc) is 2.76. The lowest BCUT2D eigenvalue weighted by atomic mass is 10.1. The van der Waals surface area contributed by atoms with Crippen LogP contribution in [0, 0.1) is 0 Å². The second-order valence-corrected chi connectivity index (χ2v) is 5.46. The molecule has 1 heterocycles. The third-order valence-corrected chi connectivity index (χ3v) is 4.08. The van der Waals surface area contributed by atoms with Crippen LogP contribution in [0.1, 0.15) is 15.9 Å². The van der Waals surface area contributed by atoms with Crippen molar-refractivity contribution < 1.29 is 9.90 Å². The molecule has 4 nitrogen and oxygen atoms in total. The second-order valence-electron chi connectivity index (χ2n) is 3.81. The van der Waals surface area contributed by atoms with Crippen molar-refractivity contribution in [1.82, 2.24) is 4.98 Å². The van der Waals surface area contributed by atoms with Gasteiger partial charge < -0.3 is 10.0 Å². The zero-order valence-corrected chi connectivity index (χ0v) is 12.0. The van der Waals surface area contributed by atoms with Gasteiger partial charge in [-0.25, -0.2) is 9.78 Å². The fraction of sp³-hybridized carbons (Fsp3) is 0.167. The first-order chi connectivity index (χ1) is 8.56. The zero-order chi connectivity index (χ0) is 13.1. The molecule has 0 spiro atoms. The Kier molecular flexibility index (Phi) is 3.98. The number of hydrogen-bond acceptors (Lipinski definition) is 4. The van der Waals surface area contributed by atoms with Gasteiger partial charge in [-0.1, -0.05) is 12.1 Å². The predicted octanol–water partition coefficient (Wildman–Crippen LogP) is 3.24. The van der Waals surface area contributed by atoms with Crippen molar-refractivity contribution in [1.29, 1.82) is 0 Å². The number of anilines is 1. The maximum Gasteiger partial charge on any atom is 0.335 e. The molecule has 1 aromatic carbocycles. The van der Waals surface area contributed by atoms with Gasteiger partial charge >= 0.3 is 5.97 Å². The van der Waals surface area contributed by atoms with Crippen LogP contribution in [0.25, 0.3) is 0 Å². The summed E-state index contributed by atoms with van der Waals surface area (Å²) in [5.41, 5.74) is 1.35. The topological polar surface area (TPSA) is 53.4 Å². The second kappa shape index (κ2) is 5.49. The van der Waals surface area contributed by atoms with E-state index in [9.17, 15) is 4.79 Å². The smallest absolute Gasteiger partial charge is 0.335 e. The van der Waals surface area contributed by atoms with Gasteiger partial charge in [0.15, 0.2) is 5.13 Å². The summed E-state index contributed by atoms with van der Waals surface area (Å²) in [6.45, 7) is 0.694. The Bertz CT molecular complexity index is 553. The molecular weight excluding hydrogens is 316 g/mol. The molecule has 0 aliphatic carbocycles. The molecule has 2 rings (SSSR count). The molecule has 0 radical (unpaired) electrons. The summed E-state index contributed by atoms with van der Waals surface area (Å²) in [7, 11) is 1.95. The van der Waals surface area contributed by atoms with Gasteiger partial charge in [0.2, 0.25) is 0 Å². The molecule has 6 heteroatoms. The van der Waals surface area contributed by atoms with Crippen LogP contribution in [0.15, 0.2) is 34.2 Å². The number of carboxylic acids is 1. The van der Waals surface area contributed by atoms with Crippen molar-refractivity contribution in [2.75, 3.05) is 11.9 Å². The van der Waals surface area contributed by atoms with Gasteiger partial charge in [-0.15, -0.1) is 11.3 Å². The molecule has 1 N–H and O–H groups in total. The first-order valence-corrected chi connectivity index (χ1v) is 6.88. The minimum Gasteiger partial charge on any atom is -0.478 e. The summed E-state index contributed by atoms with van der Waals surface area (Å²) in [5.74, 6) is -0.904. The fourth-order valence-corrected chi connectivity index (χ4v) is 2.73. The van der Waals surface area contributed by atoms with E-state index in [0.29, 0.717) is 12.1 Å². The largest absolute Gasteiger partial charge is 0.478 e. The van der Waals surface area contributed by atoms with Gasteiger partial charge in [-0.05, 0) is 33.6 Å². The van der Waals surface area contributed by atoms with Crippen LogP contribution in [0.3, 0.4) is 0 Å². The van der Waals surface area contributed by atoms with Gasteiger partial charge in [-0.2, -0.15) is 0 Å². The number of aromatic carboxylic acids is 1. The number of hydrogen-bond donors (Lipinski definition) is 1. The number of rotatable bonds is 4. The number of carbonyl (C=O) groups is 1. The lowest BCUT2D eigenvalue weighted by Gasteiger charge is -2.15. The van der Waals surface area contributed by atoms with Crippen molar-refractivity contribution in [2.45, 2.75) is 6.54 Å². The standard InChI is InChI=1S/C12H11BrN2O2S/c1-15(12-14-10(13)7-18-12)6-8-2-4-9(5-3-8)11(16)17/h2-5,7H,6H2,1H3,(H,16,17). The molecule has 0 unspecified atom stereocenters. The van der Waals surface area contributed by atoms with Crippen LogP contribution < -0.4 is 4.90 Å². The van der Waals surface area contributed by atoms with Crippen LogP contribution >= 0.6 is 27.3 Å². The monoisotopic (exact) mass is 326 g/mol. The van der Waals surface area contributed by atoms with Crippen molar-refractivity contribution in [3.05, 3.63) is 45.4 Å². The maximum absolute atomic E-state index is 10.7. The Morgan fingerprint density at radius 3 is 2.61 bits per heavy atom. The molecule has 18 heavy (non-hydrogen) atoms. The molecule has 0 aliphatic heterocycles. The number of thiazole rings is 1. The summed E-state index contributed by atoms with van der Waals surface area (Å²) < 4.78 is 0.829. The molecule has 0 saturated heterocycles. The maximum atomic E-state index is 10.7. The van der Waals surface area contributed by atoms with Gasteiger partial charge in [0.25, 0.3) is 0 Å². The molecule has 0 aliphatic rings. The van der Waals surface area contributed by atoms with E-state index in [1.165, 1.54) is 0 Å². The highest BCUT2D eigenvalue weighted by molar-refractivity contribution is 9.10. The van der Waals surface area contributed by atoms with E-state index in [1.54, 1.807) is 23.5 Å². The van der Waals surface area contributed by atoms with Crippen LogP contribution in [0.2, 0.25) is 0 Å². The molecule has 0 fully saturated rings. The van der Waals surface area contributed by atoms with Crippen molar-refractivity contribution in [2.24, 2.45) is 0 Å². The Morgan fingerprint density at radius 1 is 1.44 bits per heavy atom. The van der Waals surface area contributed by atoms with Crippen LogP contribution in [0.5, 0.6) is 0 Å². The van der Waals surface area contributed by atoms with E-state index in [0.717, 1.165) is 15.3 Å². The molecule has 0 bridgehead atoms. The van der Waals surface area contributed by atoms with Gasteiger partial charge in [-0.3, -0.25) is 0 Å². The molecule has 0 saturated carbocycles. The number of carboxylic acid groups (broad SMARTS) is 1. The van der Waals surface area contributed by atoms with Crippen molar-refractivity contribution in [3.8, 4) is 0 Å². The van der Waals surface area contributed by atoms with E-state index < -0.39 is 5.97 Å². The number of halogens is 1. The van der Waals surface area contributed by atoms with Crippen LogP contribution in [0.4, 0.5) is 5.13 Å². The van der Waals surface area contributed by atoms with Crippen molar-refractivity contribution >= 4 is 38.4 Å². The van der Waals surface area contributed by atoms with Crippen molar-refractivity contribution in [3.63, 3.8) is 0 Å². The molecule has 0 atom stereocenters. The average molecular weight is 327 g/mol. The van der Waals surface area contributed by atoms with Gasteiger partial charge in [0.1, 0.15) is 4.60 Å². The van der Waals surface area contributed by atoms with Crippen LogP contribution in [-0.4, -0.2) is 23.1 Å². The number of benzene rings is 1. The number of nitrogens with zero attached hydrogens (tertiary/aromatic N) is 2. The highest BCUT2D eigenvalue weighted by Gasteiger charge is 2.07. The lowest BCUT2D eigenvalue weighted by molar-refractivity contribution is 0.0697. The summed E-state index contributed by atoms with van der Waals surface area (Å²) in [6.07, 6.45) is 0. The SMILES string of the molecule is CN(Cc1ccc(C(=O)O)cc1)c1nc(Br)cs1. The first kappa shape index (κ1) is 13.0. The van der Waals surface area contributed by atoms with Gasteiger partial charge in [0, 0.05) is 19.0 Å². The van der Waals surface area contributed by atoms with E-state index in [1.807, 2.05) is 29.5 Å². The Hall–Kier alpha value is -1.40. The Morgan fingerprint density at radius 2 is 2.11 bits per heavy atom. The lowest BCUT2D eigenvalue weighted by Crippen LogP contribution is -2.16. The van der Waals surface area contributed by atoms with E-state index in [4.69, 9.17) is 5.11 Å². The predicted molar refractivity (Wildman–Crippen MR) is 75.3 cm³/mol. The number of aromatic nitrogens is 1. The molecule has 1 aromatic heterocycles. The molecular formula is C12H11BrN2O2S. The van der Waals surface area contributed by atoms with Crippen LogP contribution in [-0.2, 0) is 6.54 Å². The quantitative estimate of drug-likeness (QED) is 0.937. The zero-order valence-electron chi connectivity index (χ0n) is 9.63.